The Bertz CT molecular complexity index is 648. The van der Waals surface area contributed by atoms with Crippen molar-refractivity contribution in [2.24, 2.45) is 7.05 Å². The zero-order valence-corrected chi connectivity index (χ0v) is 11.5. The molecule has 0 aliphatic carbocycles. The van der Waals surface area contributed by atoms with Gasteiger partial charge in [-0.25, -0.2) is 13.1 Å². The Balaban J connectivity index is 2.03. The highest BCUT2D eigenvalue weighted by atomic mass is 32.2. The highest BCUT2D eigenvalue weighted by Gasteiger charge is 2.10. The van der Waals surface area contributed by atoms with E-state index < -0.39 is 10.0 Å². The van der Waals surface area contributed by atoms with Crippen LogP contribution < -0.4 is 10.0 Å². The molecule has 2 aromatic rings. The van der Waals surface area contributed by atoms with E-state index in [1.54, 1.807) is 36.0 Å². The minimum absolute atomic E-state index is 0.236. The van der Waals surface area contributed by atoms with Crippen LogP contribution >= 0.6 is 0 Å². The van der Waals surface area contributed by atoms with Crippen LogP contribution in [0.15, 0.2) is 35.4 Å². The molecular formula is C11H15N5O2S. The largest absolute Gasteiger partial charge is 0.379 e. The van der Waals surface area contributed by atoms with Gasteiger partial charge < -0.3 is 5.32 Å². The topological polar surface area (TPSA) is 88.9 Å². The summed E-state index contributed by atoms with van der Waals surface area (Å²) in [5.74, 6) is 0. The minimum Gasteiger partial charge on any atom is -0.379 e. The molecule has 0 saturated carbocycles. The van der Waals surface area contributed by atoms with Gasteiger partial charge in [-0.1, -0.05) is 5.21 Å². The molecule has 1 heterocycles. The lowest BCUT2D eigenvalue weighted by Gasteiger charge is -2.06. The third kappa shape index (κ3) is 3.30. The van der Waals surface area contributed by atoms with Gasteiger partial charge in [-0.05, 0) is 31.3 Å². The lowest BCUT2D eigenvalue weighted by molar-refractivity contribution is 0.588. The summed E-state index contributed by atoms with van der Waals surface area (Å²) in [5, 5.41) is 10.9. The lowest BCUT2D eigenvalue weighted by atomic mass is 10.3. The predicted molar refractivity (Wildman–Crippen MR) is 71.0 cm³/mol. The Morgan fingerprint density at radius 2 is 1.95 bits per heavy atom. The van der Waals surface area contributed by atoms with Gasteiger partial charge in [0.05, 0.1) is 11.4 Å². The Hall–Kier alpha value is -1.93. The van der Waals surface area contributed by atoms with Crippen LogP contribution in [-0.4, -0.2) is 30.5 Å². The molecule has 0 aliphatic heterocycles. The summed E-state index contributed by atoms with van der Waals surface area (Å²) in [4.78, 5) is 0.236. The molecule has 0 radical (unpaired) electrons. The zero-order chi connectivity index (χ0) is 13.9. The van der Waals surface area contributed by atoms with E-state index in [0.717, 1.165) is 11.4 Å². The van der Waals surface area contributed by atoms with E-state index >= 15 is 0 Å². The number of aromatic nitrogens is 3. The monoisotopic (exact) mass is 281 g/mol. The third-order valence-corrected chi connectivity index (χ3v) is 3.99. The van der Waals surface area contributed by atoms with Crippen LogP contribution in [-0.2, 0) is 23.6 Å². The van der Waals surface area contributed by atoms with Crippen molar-refractivity contribution in [2.45, 2.75) is 11.4 Å². The second-order valence-electron chi connectivity index (χ2n) is 3.97. The van der Waals surface area contributed by atoms with Crippen molar-refractivity contribution in [3.8, 4) is 0 Å². The molecule has 1 aromatic heterocycles. The molecule has 8 heteroatoms. The van der Waals surface area contributed by atoms with Gasteiger partial charge in [-0.2, -0.15) is 0 Å². The maximum absolute atomic E-state index is 11.5. The van der Waals surface area contributed by atoms with Crippen LogP contribution in [0.2, 0.25) is 0 Å². The van der Waals surface area contributed by atoms with Gasteiger partial charge >= 0.3 is 0 Å². The van der Waals surface area contributed by atoms with Crippen molar-refractivity contribution in [2.75, 3.05) is 12.4 Å². The minimum atomic E-state index is -3.38. The molecule has 0 atom stereocenters. The maximum Gasteiger partial charge on any atom is 0.240 e. The number of sulfonamides is 1. The Morgan fingerprint density at radius 1 is 1.26 bits per heavy atom. The third-order valence-electron chi connectivity index (χ3n) is 2.56. The first-order valence-electron chi connectivity index (χ1n) is 5.64. The Kier molecular flexibility index (Phi) is 3.82. The molecule has 2 rings (SSSR count). The predicted octanol–water partition coefficient (Wildman–Crippen LogP) is 0.335. The molecule has 0 fully saturated rings. The average molecular weight is 281 g/mol. The molecule has 0 spiro atoms. The van der Waals surface area contributed by atoms with Crippen LogP contribution in [0.5, 0.6) is 0 Å². The number of aryl methyl sites for hydroxylation is 1. The number of nitrogens with zero attached hydrogens (tertiary/aromatic N) is 3. The molecule has 0 saturated heterocycles. The van der Waals surface area contributed by atoms with Gasteiger partial charge in [0.2, 0.25) is 10.0 Å². The summed E-state index contributed by atoms with van der Waals surface area (Å²) < 4.78 is 27.0. The normalized spacial score (nSPS) is 11.5. The first kappa shape index (κ1) is 13.5. The number of hydrogen-bond donors (Lipinski definition) is 2. The molecule has 7 nitrogen and oxygen atoms in total. The first-order chi connectivity index (χ1) is 9.01. The van der Waals surface area contributed by atoms with E-state index in [9.17, 15) is 8.42 Å². The van der Waals surface area contributed by atoms with Crippen molar-refractivity contribution in [1.82, 2.24) is 19.7 Å². The molecule has 0 aliphatic rings. The fourth-order valence-electron chi connectivity index (χ4n) is 1.54. The first-order valence-corrected chi connectivity index (χ1v) is 7.12. The summed E-state index contributed by atoms with van der Waals surface area (Å²) in [5.41, 5.74) is 1.63. The second kappa shape index (κ2) is 5.37. The summed E-state index contributed by atoms with van der Waals surface area (Å²) in [6.45, 7) is 0.534. The summed E-state index contributed by atoms with van der Waals surface area (Å²) in [6.07, 6.45) is 1.81. The van der Waals surface area contributed by atoms with Gasteiger partial charge in [0, 0.05) is 18.9 Å². The number of benzene rings is 1. The number of nitrogens with one attached hydrogen (secondary N) is 2. The number of rotatable bonds is 5. The average Bonchev–Trinajstić information content (AvgIpc) is 2.83. The molecule has 1 aromatic carbocycles. The molecular weight excluding hydrogens is 266 g/mol. The van der Waals surface area contributed by atoms with Crippen LogP contribution in [0.1, 0.15) is 5.69 Å². The molecule has 2 N–H and O–H groups in total. The SMILES string of the molecule is CNS(=O)(=O)c1ccc(NCc2cn(C)nn2)cc1. The summed E-state index contributed by atoms with van der Waals surface area (Å²) >= 11 is 0. The van der Waals surface area contributed by atoms with Crippen molar-refractivity contribution in [3.63, 3.8) is 0 Å². The molecule has 0 unspecified atom stereocenters. The van der Waals surface area contributed by atoms with E-state index in [0.29, 0.717) is 6.54 Å². The van der Waals surface area contributed by atoms with Crippen LogP contribution in [0.25, 0.3) is 0 Å². The van der Waals surface area contributed by atoms with E-state index in [2.05, 4.69) is 20.4 Å². The Labute approximate surface area is 111 Å². The molecule has 102 valence electrons. The van der Waals surface area contributed by atoms with Crippen molar-refractivity contribution in [3.05, 3.63) is 36.2 Å². The van der Waals surface area contributed by atoms with Gasteiger partial charge in [-0.3, -0.25) is 4.68 Å². The van der Waals surface area contributed by atoms with E-state index in [4.69, 9.17) is 0 Å². The van der Waals surface area contributed by atoms with Crippen LogP contribution in [0.4, 0.5) is 5.69 Å². The number of anilines is 1. The summed E-state index contributed by atoms with van der Waals surface area (Å²) in [7, 11) is -0.198. The van der Waals surface area contributed by atoms with Gasteiger partial charge in [0.15, 0.2) is 0 Å². The van der Waals surface area contributed by atoms with E-state index in [1.807, 2.05) is 6.20 Å². The van der Waals surface area contributed by atoms with Crippen LogP contribution in [0.3, 0.4) is 0 Å². The molecule has 0 bridgehead atoms. The van der Waals surface area contributed by atoms with E-state index in [-0.39, 0.29) is 4.90 Å². The van der Waals surface area contributed by atoms with Gasteiger partial charge in [0.25, 0.3) is 0 Å². The fourth-order valence-corrected chi connectivity index (χ4v) is 2.27. The number of hydrogen-bond acceptors (Lipinski definition) is 5. The quantitative estimate of drug-likeness (QED) is 0.824. The highest BCUT2D eigenvalue weighted by Crippen LogP contribution is 2.14. The fraction of sp³-hybridized carbons (Fsp3) is 0.273. The smallest absolute Gasteiger partial charge is 0.240 e. The molecule has 19 heavy (non-hydrogen) atoms. The van der Waals surface area contributed by atoms with Gasteiger partial charge in [0.1, 0.15) is 5.69 Å². The van der Waals surface area contributed by atoms with Crippen molar-refractivity contribution >= 4 is 15.7 Å². The summed E-state index contributed by atoms with van der Waals surface area (Å²) in [6, 6.07) is 6.51. The molecule has 0 amide bonds. The van der Waals surface area contributed by atoms with Crippen molar-refractivity contribution < 1.29 is 8.42 Å². The standard InChI is InChI=1S/C11H15N5O2S/c1-12-19(17,18)11-5-3-9(4-6-11)13-7-10-8-16(2)15-14-10/h3-6,8,12-13H,7H2,1-2H3. The van der Waals surface area contributed by atoms with Crippen molar-refractivity contribution in [1.29, 1.82) is 0 Å². The second-order valence-corrected chi connectivity index (χ2v) is 5.86. The zero-order valence-electron chi connectivity index (χ0n) is 10.7. The van der Waals surface area contributed by atoms with Gasteiger partial charge in [-0.15, -0.1) is 5.10 Å². The highest BCUT2D eigenvalue weighted by molar-refractivity contribution is 7.89. The van der Waals surface area contributed by atoms with Crippen LogP contribution in [0, 0.1) is 0 Å². The van der Waals surface area contributed by atoms with E-state index in [1.165, 1.54) is 7.05 Å². The lowest BCUT2D eigenvalue weighted by Crippen LogP contribution is -2.18. The maximum atomic E-state index is 11.5. The Morgan fingerprint density at radius 3 is 2.47 bits per heavy atom.